The van der Waals surface area contributed by atoms with Crippen LogP contribution in [0.3, 0.4) is 0 Å². The topological polar surface area (TPSA) is 44.0 Å². The van der Waals surface area contributed by atoms with Gasteiger partial charge in [0.2, 0.25) is 5.95 Å². The molecular formula is C9H16N4. The van der Waals surface area contributed by atoms with Crippen molar-refractivity contribution >= 4 is 5.95 Å². The molecule has 1 aliphatic rings. The SMILES string of the molecule is C[C@@H]1CN(c2ncc[nH]2)C[C@H](C)N1. The van der Waals surface area contributed by atoms with Crippen LogP contribution in [0, 0.1) is 0 Å². The van der Waals surface area contributed by atoms with Crippen molar-refractivity contribution in [3.8, 4) is 0 Å². The van der Waals surface area contributed by atoms with E-state index in [0.29, 0.717) is 12.1 Å². The Kier molecular flexibility index (Phi) is 2.22. The second-order valence-electron chi connectivity index (χ2n) is 3.79. The van der Waals surface area contributed by atoms with E-state index in [2.05, 4.69) is 34.0 Å². The third kappa shape index (κ3) is 1.83. The third-order valence-electron chi connectivity index (χ3n) is 2.34. The van der Waals surface area contributed by atoms with Crippen LogP contribution >= 0.6 is 0 Å². The van der Waals surface area contributed by atoms with E-state index >= 15 is 0 Å². The molecule has 1 fully saturated rings. The predicted molar refractivity (Wildman–Crippen MR) is 52.9 cm³/mol. The lowest BCUT2D eigenvalue weighted by Gasteiger charge is -2.35. The van der Waals surface area contributed by atoms with Crippen molar-refractivity contribution in [1.82, 2.24) is 15.3 Å². The number of H-pyrrole nitrogens is 1. The minimum absolute atomic E-state index is 0.536. The molecule has 0 bridgehead atoms. The molecule has 4 nitrogen and oxygen atoms in total. The summed E-state index contributed by atoms with van der Waals surface area (Å²) in [5, 5.41) is 3.49. The normalized spacial score (nSPS) is 29.2. The molecule has 0 saturated carbocycles. The highest BCUT2D eigenvalue weighted by Gasteiger charge is 2.21. The lowest BCUT2D eigenvalue weighted by atomic mass is 10.1. The Balaban J connectivity index is 2.07. The molecule has 2 heterocycles. The van der Waals surface area contributed by atoms with Crippen molar-refractivity contribution in [2.75, 3.05) is 18.0 Å². The van der Waals surface area contributed by atoms with E-state index in [4.69, 9.17) is 0 Å². The van der Waals surface area contributed by atoms with Crippen molar-refractivity contribution in [2.45, 2.75) is 25.9 Å². The van der Waals surface area contributed by atoms with Crippen molar-refractivity contribution in [3.05, 3.63) is 12.4 Å². The Morgan fingerprint density at radius 1 is 1.38 bits per heavy atom. The molecule has 4 heteroatoms. The largest absolute Gasteiger partial charge is 0.339 e. The van der Waals surface area contributed by atoms with Crippen LogP contribution in [0.15, 0.2) is 12.4 Å². The molecule has 1 aliphatic heterocycles. The average molecular weight is 180 g/mol. The summed E-state index contributed by atoms with van der Waals surface area (Å²) in [5.41, 5.74) is 0. The zero-order chi connectivity index (χ0) is 9.26. The molecule has 1 saturated heterocycles. The molecule has 0 spiro atoms. The summed E-state index contributed by atoms with van der Waals surface area (Å²) in [5.74, 6) is 0.986. The van der Waals surface area contributed by atoms with Gasteiger partial charge in [0.05, 0.1) is 0 Å². The Labute approximate surface area is 78.4 Å². The highest BCUT2D eigenvalue weighted by Crippen LogP contribution is 2.11. The average Bonchev–Trinajstić information content (AvgIpc) is 2.53. The van der Waals surface area contributed by atoms with Gasteiger partial charge in [0.1, 0.15) is 0 Å². The summed E-state index contributed by atoms with van der Waals surface area (Å²) in [7, 11) is 0. The quantitative estimate of drug-likeness (QED) is 0.665. The maximum absolute atomic E-state index is 4.25. The second kappa shape index (κ2) is 3.38. The summed E-state index contributed by atoms with van der Waals surface area (Å²) in [6.45, 7) is 6.45. The van der Waals surface area contributed by atoms with Crippen molar-refractivity contribution in [2.24, 2.45) is 0 Å². The van der Waals surface area contributed by atoms with Gasteiger partial charge in [-0.2, -0.15) is 0 Å². The van der Waals surface area contributed by atoms with Crippen molar-refractivity contribution in [1.29, 1.82) is 0 Å². The number of hydrogen-bond donors (Lipinski definition) is 2. The van der Waals surface area contributed by atoms with Crippen molar-refractivity contribution in [3.63, 3.8) is 0 Å². The monoisotopic (exact) mass is 180 g/mol. The second-order valence-corrected chi connectivity index (χ2v) is 3.79. The highest BCUT2D eigenvalue weighted by atomic mass is 15.3. The van der Waals surface area contributed by atoms with Crippen LogP contribution in [-0.4, -0.2) is 35.1 Å². The first kappa shape index (κ1) is 8.56. The van der Waals surface area contributed by atoms with Crippen LogP contribution in [0.2, 0.25) is 0 Å². The van der Waals surface area contributed by atoms with Gasteiger partial charge in [-0.25, -0.2) is 4.98 Å². The van der Waals surface area contributed by atoms with Crippen LogP contribution in [-0.2, 0) is 0 Å². The van der Waals surface area contributed by atoms with Gasteiger partial charge in [-0.15, -0.1) is 0 Å². The number of hydrogen-bond acceptors (Lipinski definition) is 3. The molecule has 1 aromatic rings. The van der Waals surface area contributed by atoms with Crippen LogP contribution in [0.25, 0.3) is 0 Å². The number of anilines is 1. The fourth-order valence-corrected chi connectivity index (χ4v) is 1.93. The first-order valence-electron chi connectivity index (χ1n) is 4.76. The molecule has 1 aromatic heterocycles. The first-order valence-corrected chi connectivity index (χ1v) is 4.76. The van der Waals surface area contributed by atoms with E-state index in [0.717, 1.165) is 19.0 Å². The van der Waals surface area contributed by atoms with Gasteiger partial charge in [-0.05, 0) is 13.8 Å². The zero-order valence-corrected chi connectivity index (χ0v) is 8.12. The summed E-state index contributed by atoms with van der Waals surface area (Å²) in [4.78, 5) is 9.67. The lowest BCUT2D eigenvalue weighted by Crippen LogP contribution is -2.54. The van der Waals surface area contributed by atoms with Gasteiger partial charge < -0.3 is 15.2 Å². The highest BCUT2D eigenvalue weighted by molar-refractivity contribution is 5.30. The fraction of sp³-hybridized carbons (Fsp3) is 0.667. The van der Waals surface area contributed by atoms with E-state index in [1.165, 1.54) is 0 Å². The molecule has 0 amide bonds. The first-order chi connectivity index (χ1) is 6.25. The molecule has 2 atom stereocenters. The molecule has 0 unspecified atom stereocenters. The maximum Gasteiger partial charge on any atom is 0.202 e. The van der Waals surface area contributed by atoms with E-state index in [1.54, 1.807) is 6.20 Å². The smallest absolute Gasteiger partial charge is 0.202 e. The summed E-state index contributed by atoms with van der Waals surface area (Å²) < 4.78 is 0. The van der Waals surface area contributed by atoms with Gasteiger partial charge >= 0.3 is 0 Å². The van der Waals surface area contributed by atoms with Crippen LogP contribution < -0.4 is 10.2 Å². The Morgan fingerprint density at radius 3 is 2.62 bits per heavy atom. The maximum atomic E-state index is 4.25. The summed E-state index contributed by atoms with van der Waals surface area (Å²) >= 11 is 0. The molecule has 13 heavy (non-hydrogen) atoms. The Morgan fingerprint density at radius 2 is 2.08 bits per heavy atom. The van der Waals surface area contributed by atoms with E-state index in [-0.39, 0.29) is 0 Å². The third-order valence-corrected chi connectivity index (χ3v) is 2.34. The van der Waals surface area contributed by atoms with Gasteiger partial charge in [-0.3, -0.25) is 0 Å². The lowest BCUT2D eigenvalue weighted by molar-refractivity contribution is 0.404. The molecule has 0 radical (unpaired) electrons. The van der Waals surface area contributed by atoms with Crippen LogP contribution in [0.1, 0.15) is 13.8 Å². The number of nitrogens with one attached hydrogen (secondary N) is 2. The Hall–Kier alpha value is -1.03. The van der Waals surface area contributed by atoms with E-state index in [9.17, 15) is 0 Å². The number of imidazole rings is 1. The van der Waals surface area contributed by atoms with Gasteiger partial charge in [-0.1, -0.05) is 0 Å². The van der Waals surface area contributed by atoms with Crippen LogP contribution in [0.5, 0.6) is 0 Å². The van der Waals surface area contributed by atoms with Gasteiger partial charge in [0.25, 0.3) is 0 Å². The minimum atomic E-state index is 0.536. The van der Waals surface area contributed by atoms with E-state index in [1.807, 2.05) is 6.20 Å². The number of rotatable bonds is 1. The number of nitrogens with zero attached hydrogens (tertiary/aromatic N) is 2. The molecule has 0 aliphatic carbocycles. The number of aromatic amines is 1. The number of aromatic nitrogens is 2. The molecule has 2 rings (SSSR count). The van der Waals surface area contributed by atoms with Gasteiger partial charge in [0, 0.05) is 37.6 Å². The van der Waals surface area contributed by atoms with Gasteiger partial charge in [0.15, 0.2) is 0 Å². The molecular weight excluding hydrogens is 164 g/mol. The predicted octanol–water partition coefficient (Wildman–Crippen LogP) is 0.596. The standard InChI is InChI=1S/C9H16N4/c1-7-5-13(6-8(2)12-7)9-10-3-4-11-9/h3-4,7-8,12H,5-6H2,1-2H3,(H,10,11)/t7-,8+. The Bertz CT molecular complexity index is 247. The molecule has 2 N–H and O–H groups in total. The molecule has 0 aromatic carbocycles. The molecule has 72 valence electrons. The number of piperazine rings is 1. The summed E-state index contributed by atoms with van der Waals surface area (Å²) in [6.07, 6.45) is 3.67. The summed E-state index contributed by atoms with van der Waals surface area (Å²) in [6, 6.07) is 1.07. The van der Waals surface area contributed by atoms with Crippen molar-refractivity contribution < 1.29 is 0 Å². The van der Waals surface area contributed by atoms with Crippen LogP contribution in [0.4, 0.5) is 5.95 Å². The zero-order valence-electron chi connectivity index (χ0n) is 8.12. The fourth-order valence-electron chi connectivity index (χ4n) is 1.93. The minimum Gasteiger partial charge on any atom is -0.339 e. The van der Waals surface area contributed by atoms with E-state index < -0.39 is 0 Å².